The topological polar surface area (TPSA) is 33.1 Å². The zero-order chi connectivity index (χ0) is 14.9. The summed E-state index contributed by atoms with van der Waals surface area (Å²) in [6.45, 7) is 1.78. The highest BCUT2D eigenvalue weighted by atomic mass is 35.5. The molecule has 1 unspecified atom stereocenters. The molecule has 0 radical (unpaired) electrons. The maximum absolute atomic E-state index is 12.4. The van der Waals surface area contributed by atoms with Gasteiger partial charge in [-0.3, -0.25) is 4.98 Å². The Bertz CT molecular complexity index is 611. The highest BCUT2D eigenvalue weighted by Crippen LogP contribution is 2.29. The van der Waals surface area contributed by atoms with Crippen LogP contribution in [0.5, 0.6) is 0 Å². The predicted octanol–water partition coefficient (Wildman–Crippen LogP) is 4.14. The number of benzene rings is 1. The Labute approximate surface area is 118 Å². The van der Waals surface area contributed by atoms with Crippen LogP contribution >= 0.6 is 11.6 Å². The van der Waals surface area contributed by atoms with Gasteiger partial charge in [-0.2, -0.15) is 13.2 Å². The van der Waals surface area contributed by atoms with Gasteiger partial charge in [0.2, 0.25) is 0 Å². The van der Waals surface area contributed by atoms with Crippen LogP contribution in [0.15, 0.2) is 36.5 Å². The molecule has 1 aromatic carbocycles. The predicted molar refractivity (Wildman–Crippen MR) is 69.5 cm³/mol. The first-order valence-electron chi connectivity index (χ1n) is 5.76. The number of aromatic nitrogens is 1. The molecule has 0 aliphatic heterocycles. The molecule has 0 saturated carbocycles. The van der Waals surface area contributed by atoms with Gasteiger partial charge in [0.1, 0.15) is 11.8 Å². The van der Waals surface area contributed by atoms with Crippen molar-refractivity contribution in [2.75, 3.05) is 0 Å². The van der Waals surface area contributed by atoms with E-state index in [0.717, 1.165) is 17.8 Å². The molecule has 0 spiro atoms. The molecule has 20 heavy (non-hydrogen) atoms. The number of halogens is 4. The molecule has 0 fully saturated rings. The molecule has 0 saturated heterocycles. The zero-order valence-electron chi connectivity index (χ0n) is 10.4. The van der Waals surface area contributed by atoms with Crippen LogP contribution in [0.3, 0.4) is 0 Å². The van der Waals surface area contributed by atoms with Gasteiger partial charge >= 0.3 is 6.18 Å². The van der Waals surface area contributed by atoms with Crippen LogP contribution in [-0.4, -0.2) is 10.1 Å². The van der Waals surface area contributed by atoms with Gasteiger partial charge in [0.05, 0.1) is 0 Å². The van der Waals surface area contributed by atoms with Gasteiger partial charge in [-0.05, 0) is 30.2 Å². The Morgan fingerprint density at radius 3 is 2.30 bits per heavy atom. The first kappa shape index (κ1) is 14.8. The summed E-state index contributed by atoms with van der Waals surface area (Å²) in [6, 6.07) is 7.00. The highest BCUT2D eigenvalue weighted by Gasteiger charge is 2.32. The van der Waals surface area contributed by atoms with Gasteiger partial charge in [-0.1, -0.05) is 29.8 Å². The number of hydrogen-bond acceptors (Lipinski definition) is 2. The largest absolute Gasteiger partial charge is 0.433 e. The molecule has 0 aliphatic rings. The maximum Gasteiger partial charge on any atom is 0.433 e. The van der Waals surface area contributed by atoms with Crippen molar-refractivity contribution in [3.05, 3.63) is 63.9 Å². The Morgan fingerprint density at radius 2 is 1.80 bits per heavy atom. The van der Waals surface area contributed by atoms with Crippen LogP contribution in [0.2, 0.25) is 5.02 Å². The van der Waals surface area contributed by atoms with E-state index in [1.165, 1.54) is 6.07 Å². The summed E-state index contributed by atoms with van der Waals surface area (Å²) in [5.74, 6) is 0. The molecule has 2 nitrogen and oxygen atoms in total. The van der Waals surface area contributed by atoms with Gasteiger partial charge in [-0.15, -0.1) is 0 Å². The van der Waals surface area contributed by atoms with Crippen molar-refractivity contribution in [2.45, 2.75) is 19.2 Å². The maximum atomic E-state index is 12.4. The zero-order valence-corrected chi connectivity index (χ0v) is 11.2. The monoisotopic (exact) mass is 301 g/mol. The normalized spacial score (nSPS) is 13.3. The smallest absolute Gasteiger partial charge is 0.384 e. The summed E-state index contributed by atoms with van der Waals surface area (Å²) in [5.41, 5.74) is 0.636. The molecule has 1 heterocycles. The lowest BCUT2D eigenvalue weighted by atomic mass is 10.0. The Hall–Kier alpha value is -1.59. The summed E-state index contributed by atoms with van der Waals surface area (Å²) in [6.07, 6.45) is -4.50. The molecule has 2 aromatic rings. The summed E-state index contributed by atoms with van der Waals surface area (Å²) >= 11 is 5.88. The number of aliphatic hydroxyl groups excluding tert-OH is 1. The van der Waals surface area contributed by atoms with Crippen molar-refractivity contribution < 1.29 is 18.3 Å². The van der Waals surface area contributed by atoms with Gasteiger partial charge in [-0.25, -0.2) is 0 Å². The number of rotatable bonds is 2. The lowest BCUT2D eigenvalue weighted by Crippen LogP contribution is -2.09. The van der Waals surface area contributed by atoms with Gasteiger partial charge in [0.15, 0.2) is 0 Å². The van der Waals surface area contributed by atoms with E-state index < -0.39 is 18.0 Å². The Kier molecular flexibility index (Phi) is 4.01. The summed E-state index contributed by atoms with van der Waals surface area (Å²) in [5, 5.41) is 10.7. The van der Waals surface area contributed by atoms with E-state index in [0.29, 0.717) is 16.1 Å². The van der Waals surface area contributed by atoms with E-state index in [2.05, 4.69) is 4.98 Å². The second-order valence-corrected chi connectivity index (χ2v) is 4.79. The van der Waals surface area contributed by atoms with Crippen molar-refractivity contribution >= 4 is 11.6 Å². The van der Waals surface area contributed by atoms with Gasteiger partial charge in [0, 0.05) is 16.8 Å². The molecular formula is C14H11ClF3NO. The minimum absolute atomic E-state index is 0.291. The minimum Gasteiger partial charge on any atom is -0.384 e. The lowest BCUT2D eigenvalue weighted by Gasteiger charge is -2.13. The minimum atomic E-state index is -4.49. The molecule has 6 heteroatoms. The fraction of sp³-hybridized carbons (Fsp3) is 0.214. The molecule has 2 rings (SSSR count). The van der Waals surface area contributed by atoms with Gasteiger partial charge in [0.25, 0.3) is 0 Å². The molecule has 106 valence electrons. The summed E-state index contributed by atoms with van der Waals surface area (Å²) in [4.78, 5) is 3.33. The van der Waals surface area contributed by atoms with E-state index in [-0.39, 0.29) is 0 Å². The molecule has 1 aromatic heterocycles. The Morgan fingerprint density at radius 1 is 1.15 bits per heavy atom. The first-order valence-corrected chi connectivity index (χ1v) is 6.14. The number of hydrogen-bond donors (Lipinski definition) is 1. The molecule has 1 atom stereocenters. The number of pyridine rings is 1. The number of aryl methyl sites for hydroxylation is 1. The summed E-state index contributed by atoms with van der Waals surface area (Å²) in [7, 11) is 0. The quantitative estimate of drug-likeness (QED) is 0.904. The number of alkyl halides is 3. The van der Waals surface area contributed by atoms with Crippen molar-refractivity contribution in [1.82, 2.24) is 4.98 Å². The van der Waals surface area contributed by atoms with Crippen molar-refractivity contribution in [3.63, 3.8) is 0 Å². The van der Waals surface area contributed by atoms with Gasteiger partial charge < -0.3 is 5.11 Å². The van der Waals surface area contributed by atoms with Crippen LogP contribution in [0.25, 0.3) is 0 Å². The summed E-state index contributed by atoms with van der Waals surface area (Å²) < 4.78 is 37.2. The fourth-order valence-electron chi connectivity index (χ4n) is 1.77. The first-order chi connectivity index (χ1) is 9.29. The van der Waals surface area contributed by atoms with Crippen LogP contribution < -0.4 is 0 Å². The van der Waals surface area contributed by atoms with Crippen LogP contribution in [0, 0.1) is 6.92 Å². The molecule has 0 aliphatic carbocycles. The van der Waals surface area contributed by atoms with Crippen LogP contribution in [0.1, 0.15) is 28.5 Å². The number of aliphatic hydroxyl groups is 1. The average Bonchev–Trinajstić information content (AvgIpc) is 2.40. The lowest BCUT2D eigenvalue weighted by molar-refractivity contribution is -0.141. The van der Waals surface area contributed by atoms with Crippen molar-refractivity contribution in [3.8, 4) is 0 Å². The van der Waals surface area contributed by atoms with E-state index in [9.17, 15) is 18.3 Å². The van der Waals surface area contributed by atoms with Crippen LogP contribution in [0.4, 0.5) is 13.2 Å². The molecule has 0 amide bonds. The molecule has 1 N–H and O–H groups in total. The van der Waals surface area contributed by atoms with Crippen molar-refractivity contribution in [2.24, 2.45) is 0 Å². The standard InChI is InChI=1S/C14H11ClF3NO/c1-8-6-9(2-4-11(8)15)13(20)10-3-5-12(19-7-10)14(16,17)18/h2-7,13,20H,1H3. The third kappa shape index (κ3) is 3.11. The average molecular weight is 302 g/mol. The second kappa shape index (κ2) is 5.42. The SMILES string of the molecule is Cc1cc(C(O)c2ccc(C(F)(F)F)nc2)ccc1Cl. The fourth-order valence-corrected chi connectivity index (χ4v) is 1.88. The van der Waals surface area contributed by atoms with Crippen LogP contribution in [-0.2, 0) is 6.18 Å². The van der Waals surface area contributed by atoms with E-state index in [4.69, 9.17) is 11.6 Å². The third-order valence-electron chi connectivity index (χ3n) is 2.89. The highest BCUT2D eigenvalue weighted by molar-refractivity contribution is 6.31. The number of nitrogens with zero attached hydrogens (tertiary/aromatic N) is 1. The Balaban J connectivity index is 2.29. The third-order valence-corrected chi connectivity index (χ3v) is 3.31. The molecule has 0 bridgehead atoms. The van der Waals surface area contributed by atoms with E-state index >= 15 is 0 Å². The second-order valence-electron chi connectivity index (χ2n) is 4.39. The van der Waals surface area contributed by atoms with Crippen molar-refractivity contribution in [1.29, 1.82) is 0 Å². The molecular weight excluding hydrogens is 291 g/mol. The van der Waals surface area contributed by atoms with E-state index in [1.807, 2.05) is 0 Å². The van der Waals surface area contributed by atoms with E-state index in [1.54, 1.807) is 25.1 Å².